The van der Waals surface area contributed by atoms with E-state index in [0.717, 1.165) is 38.3 Å². The Bertz CT molecular complexity index is 298. The van der Waals surface area contributed by atoms with Gasteiger partial charge in [-0.15, -0.1) is 0 Å². The van der Waals surface area contributed by atoms with E-state index in [4.69, 9.17) is 0 Å². The SMILES string of the molecule is CCN(CC)CCNCc1cccc(F)c1. The van der Waals surface area contributed by atoms with Gasteiger partial charge in [-0.3, -0.25) is 0 Å². The Hall–Kier alpha value is -0.930. The summed E-state index contributed by atoms with van der Waals surface area (Å²) in [5.41, 5.74) is 1.000. The Morgan fingerprint density at radius 2 is 2.00 bits per heavy atom. The summed E-state index contributed by atoms with van der Waals surface area (Å²) in [6.07, 6.45) is 0. The van der Waals surface area contributed by atoms with Crippen molar-refractivity contribution < 1.29 is 4.39 Å². The highest BCUT2D eigenvalue weighted by Gasteiger charge is 1.98. The van der Waals surface area contributed by atoms with Crippen molar-refractivity contribution in [3.63, 3.8) is 0 Å². The van der Waals surface area contributed by atoms with E-state index in [1.165, 1.54) is 6.07 Å². The summed E-state index contributed by atoms with van der Waals surface area (Å²) in [6.45, 7) is 9.21. The molecule has 0 aliphatic carbocycles. The predicted octanol–water partition coefficient (Wildman–Crippen LogP) is 2.26. The molecule has 0 aliphatic heterocycles. The van der Waals surface area contributed by atoms with Gasteiger partial charge in [-0.05, 0) is 30.8 Å². The van der Waals surface area contributed by atoms with Crippen molar-refractivity contribution in [2.24, 2.45) is 0 Å². The molecule has 0 radical (unpaired) electrons. The molecule has 16 heavy (non-hydrogen) atoms. The molecule has 0 unspecified atom stereocenters. The number of hydrogen-bond acceptors (Lipinski definition) is 2. The molecule has 0 amide bonds. The first-order valence-corrected chi connectivity index (χ1v) is 5.93. The molecule has 90 valence electrons. The summed E-state index contributed by atoms with van der Waals surface area (Å²) in [6, 6.07) is 6.73. The quantitative estimate of drug-likeness (QED) is 0.715. The second-order valence-electron chi connectivity index (χ2n) is 3.83. The molecule has 3 heteroatoms. The molecule has 0 aliphatic rings. The van der Waals surface area contributed by atoms with Crippen molar-refractivity contribution in [2.75, 3.05) is 26.2 Å². The molecule has 2 nitrogen and oxygen atoms in total. The number of nitrogens with zero attached hydrogens (tertiary/aromatic N) is 1. The third-order valence-electron chi connectivity index (χ3n) is 2.72. The highest BCUT2D eigenvalue weighted by atomic mass is 19.1. The third kappa shape index (κ3) is 4.73. The van der Waals surface area contributed by atoms with Gasteiger partial charge in [-0.2, -0.15) is 0 Å². The summed E-state index contributed by atoms with van der Waals surface area (Å²) in [5, 5.41) is 3.32. The molecule has 1 aromatic carbocycles. The van der Waals surface area contributed by atoms with E-state index in [2.05, 4.69) is 24.1 Å². The monoisotopic (exact) mass is 224 g/mol. The smallest absolute Gasteiger partial charge is 0.123 e. The maximum atomic E-state index is 12.9. The van der Waals surface area contributed by atoms with Gasteiger partial charge < -0.3 is 10.2 Å². The molecule has 1 rings (SSSR count). The van der Waals surface area contributed by atoms with Gasteiger partial charge in [0, 0.05) is 19.6 Å². The minimum absolute atomic E-state index is 0.164. The Balaban J connectivity index is 2.20. The van der Waals surface area contributed by atoms with E-state index in [1.54, 1.807) is 12.1 Å². The zero-order chi connectivity index (χ0) is 11.8. The average molecular weight is 224 g/mol. The molecule has 1 aromatic rings. The lowest BCUT2D eigenvalue weighted by Crippen LogP contribution is -2.31. The molecule has 0 saturated heterocycles. The lowest BCUT2D eigenvalue weighted by Gasteiger charge is -2.17. The maximum Gasteiger partial charge on any atom is 0.123 e. The molecule has 1 N–H and O–H groups in total. The number of likely N-dealkylation sites (N-methyl/N-ethyl adjacent to an activating group) is 1. The van der Waals surface area contributed by atoms with Gasteiger partial charge in [-0.25, -0.2) is 4.39 Å². The van der Waals surface area contributed by atoms with Gasteiger partial charge in [-0.1, -0.05) is 26.0 Å². The molecule has 0 bridgehead atoms. The zero-order valence-corrected chi connectivity index (χ0v) is 10.2. The fraction of sp³-hybridized carbons (Fsp3) is 0.538. The van der Waals surface area contributed by atoms with Crippen molar-refractivity contribution in [3.05, 3.63) is 35.6 Å². The van der Waals surface area contributed by atoms with Crippen LogP contribution in [0.4, 0.5) is 4.39 Å². The van der Waals surface area contributed by atoms with Gasteiger partial charge in [0.25, 0.3) is 0 Å². The van der Waals surface area contributed by atoms with Crippen LogP contribution in [0.5, 0.6) is 0 Å². The van der Waals surface area contributed by atoms with Crippen LogP contribution in [0.15, 0.2) is 24.3 Å². The fourth-order valence-electron chi connectivity index (χ4n) is 1.66. The number of halogens is 1. The van der Waals surface area contributed by atoms with Gasteiger partial charge in [0.1, 0.15) is 5.82 Å². The first-order chi connectivity index (χ1) is 7.76. The lowest BCUT2D eigenvalue weighted by molar-refractivity contribution is 0.302. The minimum atomic E-state index is -0.164. The average Bonchev–Trinajstić information content (AvgIpc) is 2.29. The van der Waals surface area contributed by atoms with Gasteiger partial charge >= 0.3 is 0 Å². The number of rotatable bonds is 7. The molecule has 0 heterocycles. The maximum absolute atomic E-state index is 12.9. The molecule has 0 saturated carbocycles. The van der Waals surface area contributed by atoms with Gasteiger partial charge in [0.2, 0.25) is 0 Å². The largest absolute Gasteiger partial charge is 0.311 e. The van der Waals surface area contributed by atoms with Crippen LogP contribution in [-0.2, 0) is 6.54 Å². The highest BCUT2D eigenvalue weighted by Crippen LogP contribution is 2.02. The Morgan fingerprint density at radius 3 is 2.62 bits per heavy atom. The molecule has 0 atom stereocenters. The van der Waals surface area contributed by atoms with Crippen molar-refractivity contribution in [1.82, 2.24) is 10.2 Å². The van der Waals surface area contributed by atoms with Crippen LogP contribution in [0.25, 0.3) is 0 Å². The molecule has 0 fully saturated rings. The Morgan fingerprint density at radius 1 is 1.25 bits per heavy atom. The van der Waals surface area contributed by atoms with Crippen LogP contribution in [0, 0.1) is 5.82 Å². The van der Waals surface area contributed by atoms with Crippen molar-refractivity contribution in [2.45, 2.75) is 20.4 Å². The van der Waals surface area contributed by atoms with Crippen LogP contribution in [-0.4, -0.2) is 31.1 Å². The Labute approximate surface area is 97.5 Å². The second-order valence-corrected chi connectivity index (χ2v) is 3.83. The van der Waals surface area contributed by atoms with Crippen molar-refractivity contribution in [1.29, 1.82) is 0 Å². The fourth-order valence-corrected chi connectivity index (χ4v) is 1.66. The van der Waals surface area contributed by atoms with Crippen LogP contribution in [0.3, 0.4) is 0 Å². The molecule has 0 spiro atoms. The second kappa shape index (κ2) is 7.36. The van der Waals surface area contributed by atoms with Crippen LogP contribution >= 0.6 is 0 Å². The number of nitrogens with one attached hydrogen (secondary N) is 1. The van der Waals surface area contributed by atoms with E-state index in [-0.39, 0.29) is 5.82 Å². The summed E-state index contributed by atoms with van der Waals surface area (Å²) >= 11 is 0. The first kappa shape index (κ1) is 13.1. The molecule has 0 aromatic heterocycles. The number of hydrogen-bond donors (Lipinski definition) is 1. The highest BCUT2D eigenvalue weighted by molar-refractivity contribution is 5.15. The van der Waals surface area contributed by atoms with E-state index in [1.807, 2.05) is 6.07 Å². The van der Waals surface area contributed by atoms with E-state index >= 15 is 0 Å². The zero-order valence-electron chi connectivity index (χ0n) is 10.2. The van der Waals surface area contributed by atoms with E-state index in [0.29, 0.717) is 0 Å². The van der Waals surface area contributed by atoms with E-state index in [9.17, 15) is 4.39 Å². The van der Waals surface area contributed by atoms with Crippen LogP contribution < -0.4 is 5.32 Å². The summed E-state index contributed by atoms with van der Waals surface area (Å²) in [4.78, 5) is 2.36. The van der Waals surface area contributed by atoms with Crippen LogP contribution in [0.2, 0.25) is 0 Å². The summed E-state index contributed by atoms with van der Waals surface area (Å²) in [7, 11) is 0. The first-order valence-electron chi connectivity index (χ1n) is 5.93. The summed E-state index contributed by atoms with van der Waals surface area (Å²) in [5.74, 6) is -0.164. The van der Waals surface area contributed by atoms with Crippen molar-refractivity contribution in [3.8, 4) is 0 Å². The van der Waals surface area contributed by atoms with Crippen molar-refractivity contribution >= 4 is 0 Å². The van der Waals surface area contributed by atoms with E-state index < -0.39 is 0 Å². The summed E-state index contributed by atoms with van der Waals surface area (Å²) < 4.78 is 12.9. The Kier molecular flexibility index (Phi) is 6.04. The minimum Gasteiger partial charge on any atom is -0.311 e. The third-order valence-corrected chi connectivity index (χ3v) is 2.72. The predicted molar refractivity (Wildman–Crippen MR) is 65.9 cm³/mol. The standard InChI is InChI=1S/C13H21FN2/c1-3-16(4-2)9-8-15-11-12-6-5-7-13(14)10-12/h5-7,10,15H,3-4,8-9,11H2,1-2H3. The van der Waals surface area contributed by atoms with Gasteiger partial charge in [0.15, 0.2) is 0 Å². The molecular weight excluding hydrogens is 203 g/mol. The number of benzene rings is 1. The molecular formula is C13H21FN2. The van der Waals surface area contributed by atoms with Gasteiger partial charge in [0.05, 0.1) is 0 Å². The topological polar surface area (TPSA) is 15.3 Å². The lowest BCUT2D eigenvalue weighted by atomic mass is 10.2. The normalized spacial score (nSPS) is 11.0. The van der Waals surface area contributed by atoms with Crippen LogP contribution in [0.1, 0.15) is 19.4 Å².